The van der Waals surface area contributed by atoms with Crippen LogP contribution in [-0.4, -0.2) is 27.2 Å². The number of furan rings is 1. The Labute approximate surface area is 111 Å². The molecular weight excluding hydrogens is 288 g/mol. The Kier molecular flexibility index (Phi) is 2.72. The molecule has 5 nitrogen and oxygen atoms in total. The van der Waals surface area contributed by atoms with Gasteiger partial charge in [-0.15, -0.1) is 0 Å². The van der Waals surface area contributed by atoms with Crippen LogP contribution < -0.4 is 0 Å². The highest BCUT2D eigenvalue weighted by molar-refractivity contribution is 8.09. The fraction of sp³-hybridized carbons (Fsp3) is 0.333. The summed E-state index contributed by atoms with van der Waals surface area (Å²) in [4.78, 5) is 0. The van der Waals surface area contributed by atoms with Gasteiger partial charge in [-0.05, 0) is 18.9 Å². The van der Waals surface area contributed by atoms with Crippen molar-refractivity contribution in [2.24, 2.45) is 0 Å². The molecule has 1 fully saturated rings. The molecular formula is C12H12O5S2. The van der Waals surface area contributed by atoms with Crippen LogP contribution in [0.2, 0.25) is 0 Å². The second-order valence-corrected chi connectivity index (χ2v) is 9.25. The molecule has 102 valence electrons. The molecule has 0 aliphatic carbocycles. The van der Waals surface area contributed by atoms with Crippen molar-refractivity contribution in [3.8, 4) is 0 Å². The fourth-order valence-corrected chi connectivity index (χ4v) is 7.05. The van der Waals surface area contributed by atoms with Crippen LogP contribution in [0.25, 0.3) is 11.0 Å². The van der Waals surface area contributed by atoms with Gasteiger partial charge in [0.15, 0.2) is 14.4 Å². The molecule has 0 N–H and O–H groups in total. The minimum absolute atomic E-state index is 0.0723. The third-order valence-electron chi connectivity index (χ3n) is 3.30. The zero-order valence-electron chi connectivity index (χ0n) is 9.94. The van der Waals surface area contributed by atoms with E-state index in [0.29, 0.717) is 17.4 Å². The van der Waals surface area contributed by atoms with E-state index in [1.165, 1.54) is 6.07 Å². The highest BCUT2D eigenvalue weighted by Gasteiger charge is 2.44. The predicted molar refractivity (Wildman–Crippen MR) is 70.2 cm³/mol. The molecule has 1 aliphatic heterocycles. The van der Waals surface area contributed by atoms with Crippen LogP contribution in [-0.2, 0) is 19.7 Å². The van der Waals surface area contributed by atoms with Crippen molar-refractivity contribution in [3.63, 3.8) is 0 Å². The molecule has 2 heterocycles. The largest absolute Gasteiger partial charge is 0.445 e. The lowest BCUT2D eigenvalue weighted by Crippen LogP contribution is -2.26. The zero-order chi connectivity index (χ0) is 13.7. The van der Waals surface area contributed by atoms with Crippen LogP contribution in [0.1, 0.15) is 12.8 Å². The van der Waals surface area contributed by atoms with E-state index in [2.05, 4.69) is 0 Å². The molecule has 1 aliphatic rings. The number of hydrogen-bond donors (Lipinski definition) is 0. The smallest absolute Gasteiger partial charge is 0.228 e. The predicted octanol–water partition coefficient (Wildman–Crippen LogP) is 1.74. The van der Waals surface area contributed by atoms with Crippen molar-refractivity contribution < 1.29 is 21.3 Å². The van der Waals surface area contributed by atoms with Crippen molar-refractivity contribution >= 4 is 30.6 Å². The van der Waals surface area contributed by atoms with Gasteiger partial charge < -0.3 is 4.42 Å². The summed E-state index contributed by atoms with van der Waals surface area (Å²) in [5, 5.41) is 0.389. The van der Waals surface area contributed by atoms with E-state index in [4.69, 9.17) is 4.42 Å². The molecule has 1 aromatic heterocycles. The normalized spacial score (nSPS) is 22.8. The van der Waals surface area contributed by atoms with Crippen LogP contribution in [0.3, 0.4) is 0 Å². The van der Waals surface area contributed by atoms with E-state index in [1.807, 2.05) is 0 Å². The van der Waals surface area contributed by atoms with Gasteiger partial charge in [0.05, 0.1) is 5.75 Å². The van der Waals surface area contributed by atoms with Crippen molar-refractivity contribution in [1.82, 2.24) is 0 Å². The van der Waals surface area contributed by atoms with Crippen LogP contribution in [0.15, 0.2) is 39.8 Å². The highest BCUT2D eigenvalue weighted by atomic mass is 32.3. The highest BCUT2D eigenvalue weighted by Crippen LogP contribution is 2.32. The number of sulfone groups is 2. The van der Waals surface area contributed by atoms with Gasteiger partial charge in [0.25, 0.3) is 0 Å². The van der Waals surface area contributed by atoms with E-state index in [9.17, 15) is 16.8 Å². The molecule has 19 heavy (non-hydrogen) atoms. The second kappa shape index (κ2) is 4.08. The van der Waals surface area contributed by atoms with E-state index in [0.717, 1.165) is 0 Å². The van der Waals surface area contributed by atoms with Crippen molar-refractivity contribution in [2.45, 2.75) is 22.5 Å². The number of benzene rings is 1. The van der Waals surface area contributed by atoms with Crippen LogP contribution >= 0.6 is 0 Å². The topological polar surface area (TPSA) is 81.4 Å². The molecule has 1 atom stereocenters. The Bertz CT molecular complexity index is 797. The lowest BCUT2D eigenvalue weighted by atomic mass is 10.3. The van der Waals surface area contributed by atoms with Crippen molar-refractivity contribution in [3.05, 3.63) is 30.3 Å². The van der Waals surface area contributed by atoms with Crippen molar-refractivity contribution in [2.75, 3.05) is 5.75 Å². The summed E-state index contributed by atoms with van der Waals surface area (Å²) in [7, 11) is -7.54. The molecule has 7 heteroatoms. The first kappa shape index (κ1) is 12.7. The lowest BCUT2D eigenvalue weighted by molar-refractivity contribution is 0.479. The van der Waals surface area contributed by atoms with E-state index in [1.54, 1.807) is 24.3 Å². The molecule has 0 spiro atoms. The second-order valence-electron chi connectivity index (χ2n) is 4.59. The average Bonchev–Trinajstić information content (AvgIpc) is 2.92. The molecule has 2 aromatic rings. The van der Waals surface area contributed by atoms with Crippen LogP contribution in [0.5, 0.6) is 0 Å². The van der Waals surface area contributed by atoms with Gasteiger partial charge in [-0.1, -0.05) is 18.2 Å². The number of fused-ring (bicyclic) bond motifs is 1. The third kappa shape index (κ3) is 1.97. The summed E-state index contributed by atoms with van der Waals surface area (Å²) < 4.78 is 52.2. The maximum atomic E-state index is 12.3. The summed E-state index contributed by atoms with van der Waals surface area (Å²) in [6.07, 6.45) is 0.522. The first-order chi connectivity index (χ1) is 8.91. The van der Waals surface area contributed by atoms with Gasteiger partial charge in [-0.2, -0.15) is 0 Å². The van der Waals surface area contributed by atoms with E-state index >= 15 is 0 Å². The zero-order valence-corrected chi connectivity index (χ0v) is 11.6. The Morgan fingerprint density at radius 3 is 2.58 bits per heavy atom. The van der Waals surface area contributed by atoms with Crippen molar-refractivity contribution in [1.29, 1.82) is 0 Å². The first-order valence-corrected chi connectivity index (χ1v) is 9.11. The Hall–Kier alpha value is -1.34. The molecule has 3 rings (SSSR count). The number of rotatable bonds is 2. The number of hydrogen-bond acceptors (Lipinski definition) is 5. The van der Waals surface area contributed by atoms with Gasteiger partial charge in [0.2, 0.25) is 14.9 Å². The first-order valence-electron chi connectivity index (χ1n) is 5.85. The summed E-state index contributed by atoms with van der Waals surface area (Å²) in [6, 6.07) is 8.26. The molecule has 0 radical (unpaired) electrons. The minimum Gasteiger partial charge on any atom is -0.445 e. The maximum absolute atomic E-state index is 12.3. The molecule has 1 saturated heterocycles. The van der Waals surface area contributed by atoms with Gasteiger partial charge in [0, 0.05) is 11.5 Å². The average molecular weight is 300 g/mol. The Balaban J connectivity index is 2.15. The Morgan fingerprint density at radius 2 is 1.95 bits per heavy atom. The Morgan fingerprint density at radius 1 is 1.21 bits per heavy atom. The summed E-state index contributed by atoms with van der Waals surface area (Å²) >= 11 is 0. The third-order valence-corrected chi connectivity index (χ3v) is 8.52. The maximum Gasteiger partial charge on any atom is 0.228 e. The fourth-order valence-electron chi connectivity index (χ4n) is 2.34. The SMILES string of the molecule is O=S1(=O)CCCC1S(=O)(=O)c1cc2ccccc2o1. The van der Waals surface area contributed by atoms with E-state index in [-0.39, 0.29) is 17.3 Å². The number of para-hydroxylation sites is 1. The summed E-state index contributed by atoms with van der Waals surface area (Å²) in [5.74, 6) is -0.0723. The molecule has 0 amide bonds. The molecule has 1 aromatic carbocycles. The van der Waals surface area contributed by atoms with Gasteiger partial charge in [-0.25, -0.2) is 16.8 Å². The van der Waals surface area contributed by atoms with Gasteiger partial charge in [0.1, 0.15) is 5.58 Å². The molecule has 0 saturated carbocycles. The van der Waals surface area contributed by atoms with E-state index < -0.39 is 24.3 Å². The standard InChI is InChI=1S/C12H12O5S2/c13-18(14)7-3-6-12(18)19(15,16)11-8-9-4-1-2-5-10(9)17-11/h1-2,4-5,8,12H,3,6-7H2. The lowest BCUT2D eigenvalue weighted by Gasteiger charge is -2.07. The minimum atomic E-state index is -3.96. The van der Waals surface area contributed by atoms with Crippen LogP contribution in [0.4, 0.5) is 0 Å². The molecule has 1 unspecified atom stereocenters. The van der Waals surface area contributed by atoms with Gasteiger partial charge in [-0.3, -0.25) is 0 Å². The summed E-state index contributed by atoms with van der Waals surface area (Å²) in [5.41, 5.74) is 0.441. The van der Waals surface area contributed by atoms with Crippen LogP contribution in [0, 0.1) is 0 Å². The summed E-state index contributed by atoms with van der Waals surface area (Å²) in [6.45, 7) is 0. The monoisotopic (exact) mass is 300 g/mol. The van der Waals surface area contributed by atoms with Gasteiger partial charge >= 0.3 is 0 Å². The molecule has 0 bridgehead atoms. The quantitative estimate of drug-likeness (QED) is 0.843.